The Morgan fingerprint density at radius 1 is 1.24 bits per heavy atom. The molecular weight excluding hydrogens is 317 g/mol. The molecule has 8 heteroatoms. The SMILES string of the molecule is Cc1cc(F)cc(NS(=O)(=O)c2cc(C)c(C(=O)O)s2)c1. The predicted molar refractivity (Wildman–Crippen MR) is 78.0 cm³/mol. The van der Waals surface area contributed by atoms with E-state index >= 15 is 0 Å². The van der Waals surface area contributed by atoms with Crippen LogP contribution < -0.4 is 4.72 Å². The zero-order valence-corrected chi connectivity index (χ0v) is 12.8. The average molecular weight is 329 g/mol. The largest absolute Gasteiger partial charge is 0.477 e. The molecule has 5 nitrogen and oxygen atoms in total. The molecule has 0 radical (unpaired) electrons. The second-order valence-corrected chi connectivity index (χ2v) is 7.47. The number of benzene rings is 1. The van der Waals surface area contributed by atoms with Crippen molar-refractivity contribution in [1.29, 1.82) is 0 Å². The summed E-state index contributed by atoms with van der Waals surface area (Å²) in [5.41, 5.74) is 1.03. The van der Waals surface area contributed by atoms with E-state index in [-0.39, 0.29) is 14.8 Å². The molecular formula is C13H12FNO4S2. The molecule has 0 saturated heterocycles. The van der Waals surface area contributed by atoms with E-state index < -0.39 is 21.8 Å². The zero-order valence-electron chi connectivity index (χ0n) is 11.2. The van der Waals surface area contributed by atoms with Gasteiger partial charge in [0.2, 0.25) is 0 Å². The minimum absolute atomic E-state index is 0.0363. The fraction of sp³-hybridized carbons (Fsp3) is 0.154. The molecule has 0 saturated carbocycles. The van der Waals surface area contributed by atoms with E-state index in [1.54, 1.807) is 6.92 Å². The summed E-state index contributed by atoms with van der Waals surface area (Å²) in [5, 5.41) is 8.95. The van der Waals surface area contributed by atoms with Gasteiger partial charge in [0.15, 0.2) is 0 Å². The lowest BCUT2D eigenvalue weighted by Gasteiger charge is -2.07. The molecule has 0 fully saturated rings. The number of carbonyl (C=O) groups is 1. The molecule has 0 aliphatic carbocycles. The molecule has 0 bridgehead atoms. The highest BCUT2D eigenvalue weighted by Gasteiger charge is 2.22. The molecule has 0 aliphatic rings. The molecule has 0 aliphatic heterocycles. The van der Waals surface area contributed by atoms with Gasteiger partial charge in [-0.05, 0) is 49.2 Å². The van der Waals surface area contributed by atoms with E-state index in [1.807, 2.05) is 0 Å². The maximum Gasteiger partial charge on any atom is 0.346 e. The van der Waals surface area contributed by atoms with Crippen molar-refractivity contribution in [3.63, 3.8) is 0 Å². The third-order valence-corrected chi connectivity index (χ3v) is 5.73. The van der Waals surface area contributed by atoms with Crippen LogP contribution in [0.5, 0.6) is 0 Å². The monoisotopic (exact) mass is 329 g/mol. The van der Waals surface area contributed by atoms with Crippen molar-refractivity contribution < 1.29 is 22.7 Å². The molecule has 1 aromatic heterocycles. The maximum absolute atomic E-state index is 13.3. The van der Waals surface area contributed by atoms with Crippen LogP contribution in [-0.4, -0.2) is 19.5 Å². The summed E-state index contributed by atoms with van der Waals surface area (Å²) in [5.74, 6) is -1.73. The first kappa shape index (κ1) is 15.5. The minimum atomic E-state index is -3.94. The number of hydrogen-bond donors (Lipinski definition) is 2. The number of halogens is 1. The van der Waals surface area contributed by atoms with Crippen LogP contribution in [0.2, 0.25) is 0 Å². The zero-order chi connectivity index (χ0) is 15.8. The Balaban J connectivity index is 2.38. The van der Waals surface area contributed by atoms with Gasteiger partial charge in [0.1, 0.15) is 14.9 Å². The second-order valence-electron chi connectivity index (χ2n) is 4.51. The van der Waals surface area contributed by atoms with Crippen molar-refractivity contribution in [2.75, 3.05) is 4.72 Å². The summed E-state index contributed by atoms with van der Waals surface area (Å²) >= 11 is 0.658. The van der Waals surface area contributed by atoms with Crippen LogP contribution in [0.1, 0.15) is 20.8 Å². The van der Waals surface area contributed by atoms with Crippen molar-refractivity contribution in [2.45, 2.75) is 18.1 Å². The highest BCUT2D eigenvalue weighted by atomic mass is 32.2. The van der Waals surface area contributed by atoms with Gasteiger partial charge in [-0.1, -0.05) is 0 Å². The number of anilines is 1. The smallest absolute Gasteiger partial charge is 0.346 e. The first-order valence-electron chi connectivity index (χ1n) is 5.83. The molecule has 2 N–H and O–H groups in total. The summed E-state index contributed by atoms with van der Waals surface area (Å²) in [4.78, 5) is 10.9. The highest BCUT2D eigenvalue weighted by Crippen LogP contribution is 2.28. The summed E-state index contributed by atoms with van der Waals surface area (Å²) in [6.45, 7) is 3.16. The number of rotatable bonds is 4. The van der Waals surface area contributed by atoms with Gasteiger partial charge in [0.05, 0.1) is 5.69 Å². The number of carboxylic acids is 1. The summed E-state index contributed by atoms with van der Waals surface area (Å²) < 4.78 is 39.8. The van der Waals surface area contributed by atoms with Crippen LogP contribution >= 0.6 is 11.3 Å². The first-order valence-corrected chi connectivity index (χ1v) is 8.13. The molecule has 2 rings (SSSR count). The number of aryl methyl sites for hydroxylation is 2. The molecule has 2 aromatic rings. The van der Waals surface area contributed by atoms with E-state index in [0.717, 1.165) is 6.07 Å². The van der Waals surface area contributed by atoms with Gasteiger partial charge >= 0.3 is 5.97 Å². The van der Waals surface area contributed by atoms with Gasteiger partial charge in [0.25, 0.3) is 10.0 Å². The van der Waals surface area contributed by atoms with E-state index in [1.165, 1.54) is 25.1 Å². The molecule has 0 spiro atoms. The van der Waals surface area contributed by atoms with Crippen molar-refractivity contribution in [3.8, 4) is 0 Å². The van der Waals surface area contributed by atoms with Crippen LogP contribution in [0.15, 0.2) is 28.5 Å². The van der Waals surface area contributed by atoms with Crippen molar-refractivity contribution in [3.05, 3.63) is 46.1 Å². The molecule has 0 atom stereocenters. The quantitative estimate of drug-likeness (QED) is 0.903. The number of thiophene rings is 1. The summed E-state index contributed by atoms with van der Waals surface area (Å²) in [6, 6.07) is 5.10. The van der Waals surface area contributed by atoms with Crippen LogP contribution in [0.3, 0.4) is 0 Å². The Kier molecular flexibility index (Phi) is 4.02. The van der Waals surface area contributed by atoms with Gasteiger partial charge < -0.3 is 5.11 Å². The van der Waals surface area contributed by atoms with Gasteiger partial charge in [0, 0.05) is 0 Å². The van der Waals surface area contributed by atoms with Crippen LogP contribution in [0.25, 0.3) is 0 Å². The van der Waals surface area contributed by atoms with E-state index in [4.69, 9.17) is 5.11 Å². The Morgan fingerprint density at radius 3 is 2.43 bits per heavy atom. The standard InChI is InChI=1S/C13H12FNO4S2/c1-7-3-9(14)6-10(4-7)15-21(18,19)11-5-8(2)12(20-11)13(16)17/h3-6,15H,1-2H3,(H,16,17). The van der Waals surface area contributed by atoms with Crippen molar-refractivity contribution in [2.24, 2.45) is 0 Å². The van der Waals surface area contributed by atoms with Gasteiger partial charge in [-0.25, -0.2) is 17.6 Å². The maximum atomic E-state index is 13.3. The molecule has 1 heterocycles. The van der Waals surface area contributed by atoms with Crippen LogP contribution in [0.4, 0.5) is 10.1 Å². The summed E-state index contributed by atoms with van der Waals surface area (Å²) in [7, 11) is -3.94. The fourth-order valence-electron chi connectivity index (χ4n) is 1.80. The second kappa shape index (κ2) is 5.45. The number of sulfonamides is 1. The lowest BCUT2D eigenvalue weighted by atomic mass is 10.2. The molecule has 112 valence electrons. The number of nitrogens with one attached hydrogen (secondary N) is 1. The lowest BCUT2D eigenvalue weighted by molar-refractivity contribution is 0.0701. The van der Waals surface area contributed by atoms with Crippen molar-refractivity contribution in [1.82, 2.24) is 0 Å². The number of hydrogen-bond acceptors (Lipinski definition) is 4. The fourth-order valence-corrected chi connectivity index (χ4v) is 4.22. The average Bonchev–Trinajstić information content (AvgIpc) is 2.70. The van der Waals surface area contributed by atoms with Gasteiger partial charge in [-0.15, -0.1) is 11.3 Å². The highest BCUT2D eigenvalue weighted by molar-refractivity contribution is 7.94. The molecule has 0 unspecified atom stereocenters. The summed E-state index contributed by atoms with van der Waals surface area (Å²) in [6.07, 6.45) is 0. The number of aromatic carboxylic acids is 1. The number of carboxylic acid groups (broad SMARTS) is 1. The minimum Gasteiger partial charge on any atom is -0.477 e. The normalized spacial score (nSPS) is 11.4. The Morgan fingerprint density at radius 2 is 1.90 bits per heavy atom. The molecule has 1 aromatic carbocycles. The third-order valence-electron chi connectivity index (χ3n) is 2.65. The first-order chi connectivity index (χ1) is 9.69. The Hall–Kier alpha value is -1.93. The van der Waals surface area contributed by atoms with E-state index in [9.17, 15) is 17.6 Å². The van der Waals surface area contributed by atoms with Gasteiger partial charge in [-0.2, -0.15) is 0 Å². The van der Waals surface area contributed by atoms with Crippen LogP contribution in [-0.2, 0) is 10.0 Å². The molecule has 0 amide bonds. The Labute approximate surface area is 125 Å². The Bertz CT molecular complexity index is 791. The van der Waals surface area contributed by atoms with E-state index in [2.05, 4.69) is 4.72 Å². The predicted octanol–water partition coefficient (Wildman–Crippen LogP) is 3.00. The topological polar surface area (TPSA) is 83.5 Å². The lowest BCUT2D eigenvalue weighted by Crippen LogP contribution is -2.11. The third kappa shape index (κ3) is 3.40. The van der Waals surface area contributed by atoms with E-state index in [0.29, 0.717) is 22.5 Å². The molecule has 21 heavy (non-hydrogen) atoms. The van der Waals surface area contributed by atoms with Crippen molar-refractivity contribution >= 4 is 33.0 Å². The van der Waals surface area contributed by atoms with Crippen LogP contribution in [0, 0.1) is 19.7 Å². The van der Waals surface area contributed by atoms with Gasteiger partial charge in [-0.3, -0.25) is 4.72 Å².